The standard InChI is InChI=1S/C16H23ClN4O4/c1-7-25-14(24)21-11(18-12(22)15(2,3)4)9-8-20(13(17)23)16(5,6)10(9)19-21/h7-8H2,1-6H3,(H,18,22). The molecule has 1 N–H and O–H groups in total. The van der Waals surface area contributed by atoms with Crippen molar-refractivity contribution in [1.82, 2.24) is 14.7 Å². The predicted molar refractivity (Wildman–Crippen MR) is 92.5 cm³/mol. The van der Waals surface area contributed by atoms with Crippen molar-refractivity contribution in [1.29, 1.82) is 0 Å². The molecule has 2 amide bonds. The molecule has 0 bridgehead atoms. The van der Waals surface area contributed by atoms with Crippen LogP contribution >= 0.6 is 11.6 Å². The van der Waals surface area contributed by atoms with Gasteiger partial charge in [0.1, 0.15) is 5.82 Å². The number of halogens is 1. The zero-order chi connectivity index (χ0) is 19.2. The summed E-state index contributed by atoms with van der Waals surface area (Å²) in [6, 6.07) is 0. The second-order valence-electron chi connectivity index (χ2n) is 7.39. The Bertz CT molecular complexity index is 733. The van der Waals surface area contributed by atoms with Crippen LogP contribution in [0.1, 0.15) is 52.8 Å². The van der Waals surface area contributed by atoms with E-state index >= 15 is 0 Å². The molecule has 2 rings (SSSR count). The molecule has 0 fully saturated rings. The highest BCUT2D eigenvalue weighted by Crippen LogP contribution is 2.42. The van der Waals surface area contributed by atoms with Gasteiger partial charge in [-0.1, -0.05) is 20.8 Å². The molecule has 0 radical (unpaired) electrons. The summed E-state index contributed by atoms with van der Waals surface area (Å²) in [6.07, 6.45) is -0.694. The van der Waals surface area contributed by atoms with Gasteiger partial charge in [0, 0.05) is 11.0 Å². The highest BCUT2D eigenvalue weighted by atomic mass is 35.5. The molecule has 1 aliphatic heterocycles. The summed E-state index contributed by atoms with van der Waals surface area (Å²) in [5.74, 6) is -0.0731. The minimum atomic E-state index is -0.812. The maximum Gasteiger partial charge on any atom is 0.436 e. The molecule has 0 unspecified atom stereocenters. The molecule has 0 saturated carbocycles. The van der Waals surface area contributed by atoms with Gasteiger partial charge in [0.25, 0.3) is 0 Å². The molecule has 138 valence electrons. The highest BCUT2D eigenvalue weighted by Gasteiger charge is 2.46. The smallest absolute Gasteiger partial charge is 0.436 e. The van der Waals surface area contributed by atoms with Crippen molar-refractivity contribution < 1.29 is 19.1 Å². The van der Waals surface area contributed by atoms with Gasteiger partial charge in [-0.25, -0.2) is 4.79 Å². The number of amides is 2. The molecule has 1 aliphatic rings. The number of aromatic nitrogens is 2. The zero-order valence-electron chi connectivity index (χ0n) is 15.3. The largest absolute Gasteiger partial charge is 0.448 e. The number of nitrogens with zero attached hydrogens (tertiary/aromatic N) is 3. The van der Waals surface area contributed by atoms with Gasteiger partial charge in [-0.15, -0.1) is 4.68 Å². The number of carbonyl (C=O) groups excluding carboxylic acids is 3. The van der Waals surface area contributed by atoms with E-state index in [0.29, 0.717) is 11.3 Å². The Morgan fingerprint density at radius 3 is 2.40 bits per heavy atom. The average molecular weight is 371 g/mol. The summed E-state index contributed by atoms with van der Waals surface area (Å²) in [4.78, 5) is 37.8. The molecular weight excluding hydrogens is 348 g/mol. The van der Waals surface area contributed by atoms with E-state index in [1.165, 1.54) is 4.90 Å². The molecule has 0 atom stereocenters. The van der Waals surface area contributed by atoms with Gasteiger partial charge in [0.15, 0.2) is 0 Å². The Kier molecular flexibility index (Phi) is 4.87. The van der Waals surface area contributed by atoms with Crippen LogP contribution in [0.2, 0.25) is 0 Å². The fourth-order valence-electron chi connectivity index (χ4n) is 2.60. The molecule has 2 heterocycles. The Hall–Kier alpha value is -2.09. The van der Waals surface area contributed by atoms with Crippen LogP contribution in [0, 0.1) is 5.41 Å². The number of carbonyl (C=O) groups is 3. The van der Waals surface area contributed by atoms with Crippen LogP contribution in [0.15, 0.2) is 0 Å². The first-order valence-electron chi connectivity index (χ1n) is 7.99. The molecular formula is C16H23ClN4O4. The van der Waals surface area contributed by atoms with Crippen LogP contribution in [0.5, 0.6) is 0 Å². The van der Waals surface area contributed by atoms with E-state index in [1.807, 2.05) is 0 Å². The van der Waals surface area contributed by atoms with E-state index in [4.69, 9.17) is 16.3 Å². The molecule has 9 heteroatoms. The van der Waals surface area contributed by atoms with Crippen molar-refractivity contribution in [3.05, 3.63) is 11.3 Å². The normalized spacial score (nSPS) is 15.7. The van der Waals surface area contributed by atoms with E-state index < -0.39 is 22.4 Å². The van der Waals surface area contributed by atoms with Crippen LogP contribution in [-0.4, -0.2) is 38.7 Å². The number of ether oxygens (including phenoxy) is 1. The summed E-state index contributed by atoms with van der Waals surface area (Å²) in [7, 11) is 0. The molecule has 1 aromatic rings. The van der Waals surface area contributed by atoms with Gasteiger partial charge >= 0.3 is 11.5 Å². The van der Waals surface area contributed by atoms with Gasteiger partial charge in [-0.3, -0.25) is 9.59 Å². The van der Waals surface area contributed by atoms with Gasteiger partial charge in [0.05, 0.1) is 24.4 Å². The predicted octanol–water partition coefficient (Wildman–Crippen LogP) is 3.28. The third-order valence-corrected chi connectivity index (χ3v) is 4.32. The van der Waals surface area contributed by atoms with Crippen LogP contribution < -0.4 is 5.32 Å². The van der Waals surface area contributed by atoms with Crippen molar-refractivity contribution >= 4 is 34.8 Å². The van der Waals surface area contributed by atoms with Crippen molar-refractivity contribution in [3.63, 3.8) is 0 Å². The van der Waals surface area contributed by atoms with Crippen LogP contribution in [0.4, 0.5) is 15.4 Å². The lowest BCUT2D eigenvalue weighted by molar-refractivity contribution is -0.123. The quantitative estimate of drug-likeness (QED) is 0.636. The molecule has 0 aliphatic carbocycles. The first-order chi connectivity index (χ1) is 11.4. The van der Waals surface area contributed by atoms with Crippen LogP contribution in [0.25, 0.3) is 0 Å². The van der Waals surface area contributed by atoms with E-state index in [0.717, 1.165) is 4.68 Å². The van der Waals surface area contributed by atoms with E-state index in [1.54, 1.807) is 41.5 Å². The number of anilines is 1. The molecule has 0 spiro atoms. The highest BCUT2D eigenvalue weighted by molar-refractivity contribution is 6.62. The van der Waals surface area contributed by atoms with Crippen LogP contribution in [0.3, 0.4) is 0 Å². The number of hydrogen-bond donors (Lipinski definition) is 1. The molecule has 1 aromatic heterocycles. The number of fused-ring (bicyclic) bond motifs is 1. The maximum absolute atomic E-state index is 12.4. The third-order valence-electron chi connectivity index (χ3n) is 4.12. The minimum Gasteiger partial charge on any atom is -0.448 e. The topological polar surface area (TPSA) is 93.5 Å². The van der Waals surface area contributed by atoms with E-state index in [2.05, 4.69) is 10.4 Å². The van der Waals surface area contributed by atoms with E-state index in [9.17, 15) is 14.4 Å². The summed E-state index contributed by atoms with van der Waals surface area (Å²) in [5, 5.41) is 6.43. The second-order valence-corrected chi connectivity index (χ2v) is 7.71. The summed E-state index contributed by atoms with van der Waals surface area (Å²) in [5.41, 5.74) is -0.414. The minimum absolute atomic E-state index is 0.143. The summed E-state index contributed by atoms with van der Waals surface area (Å²) < 4.78 is 6.06. The summed E-state index contributed by atoms with van der Waals surface area (Å²) >= 11 is 5.67. The summed E-state index contributed by atoms with van der Waals surface area (Å²) in [6.45, 7) is 10.8. The third kappa shape index (κ3) is 3.35. The Balaban J connectivity index is 2.55. The SMILES string of the molecule is CCOC(=O)n1nc2c(c1NC(=O)C(C)(C)C)CN(C(=O)Cl)C2(C)C. The number of nitrogens with one attached hydrogen (secondary N) is 1. The monoisotopic (exact) mass is 370 g/mol. The lowest BCUT2D eigenvalue weighted by Crippen LogP contribution is -2.38. The Morgan fingerprint density at radius 2 is 1.92 bits per heavy atom. The van der Waals surface area contributed by atoms with Gasteiger partial charge in [-0.05, 0) is 32.4 Å². The van der Waals surface area contributed by atoms with Crippen LogP contribution in [-0.2, 0) is 21.6 Å². The fraction of sp³-hybridized carbons (Fsp3) is 0.625. The average Bonchev–Trinajstić information content (AvgIpc) is 2.94. The maximum atomic E-state index is 12.4. The first kappa shape index (κ1) is 19.2. The van der Waals surface area contributed by atoms with Crippen molar-refractivity contribution in [2.75, 3.05) is 11.9 Å². The van der Waals surface area contributed by atoms with Crippen molar-refractivity contribution in [2.24, 2.45) is 5.41 Å². The van der Waals surface area contributed by atoms with Crippen molar-refractivity contribution in [2.45, 2.75) is 53.6 Å². The number of rotatable bonds is 2. The molecule has 25 heavy (non-hydrogen) atoms. The van der Waals surface area contributed by atoms with E-state index in [-0.39, 0.29) is 24.9 Å². The lowest BCUT2D eigenvalue weighted by atomic mass is 9.95. The first-order valence-corrected chi connectivity index (χ1v) is 8.37. The lowest BCUT2D eigenvalue weighted by Gasteiger charge is -2.29. The van der Waals surface area contributed by atoms with Gasteiger partial charge in [0.2, 0.25) is 5.91 Å². The Morgan fingerprint density at radius 1 is 1.32 bits per heavy atom. The molecule has 0 saturated heterocycles. The Labute approximate surface area is 151 Å². The van der Waals surface area contributed by atoms with Crippen molar-refractivity contribution in [3.8, 4) is 0 Å². The number of hydrogen-bond acceptors (Lipinski definition) is 5. The van der Waals surface area contributed by atoms with Gasteiger partial charge < -0.3 is 15.0 Å². The van der Waals surface area contributed by atoms with Gasteiger partial charge in [-0.2, -0.15) is 5.10 Å². The zero-order valence-corrected chi connectivity index (χ0v) is 16.0. The fourth-order valence-corrected chi connectivity index (χ4v) is 2.87. The molecule has 8 nitrogen and oxygen atoms in total. The molecule has 0 aromatic carbocycles. The second kappa shape index (κ2) is 6.33.